The first-order valence-electron chi connectivity index (χ1n) is 5.92. The van der Waals surface area contributed by atoms with Crippen molar-refractivity contribution in [3.8, 4) is 0 Å². The van der Waals surface area contributed by atoms with Gasteiger partial charge in [-0.15, -0.1) is 11.8 Å². The van der Waals surface area contributed by atoms with Gasteiger partial charge in [0.1, 0.15) is 6.04 Å². The summed E-state index contributed by atoms with van der Waals surface area (Å²) in [6.45, 7) is 0.470. The van der Waals surface area contributed by atoms with Crippen molar-refractivity contribution in [1.29, 1.82) is 0 Å². The molecule has 1 aromatic heterocycles. The maximum absolute atomic E-state index is 11.9. The van der Waals surface area contributed by atoms with E-state index in [4.69, 9.17) is 5.11 Å². The highest BCUT2D eigenvalue weighted by molar-refractivity contribution is 7.99. The van der Waals surface area contributed by atoms with Gasteiger partial charge in [0.15, 0.2) is 0 Å². The van der Waals surface area contributed by atoms with E-state index in [0.29, 0.717) is 24.6 Å². The number of carboxylic acids is 1. The third-order valence-electron chi connectivity index (χ3n) is 2.84. The van der Waals surface area contributed by atoms with Crippen LogP contribution in [0.4, 0.5) is 4.79 Å². The van der Waals surface area contributed by atoms with E-state index in [1.807, 2.05) is 12.1 Å². The highest BCUT2D eigenvalue weighted by atomic mass is 32.2. The fourth-order valence-electron chi connectivity index (χ4n) is 1.81. The monoisotopic (exact) mass is 281 g/mol. The Hall–Kier alpha value is -1.76. The number of rotatable bonds is 4. The summed E-state index contributed by atoms with van der Waals surface area (Å²) in [6, 6.07) is 2.74. The molecule has 7 heteroatoms. The number of aromatic nitrogens is 1. The normalized spacial score (nSPS) is 18.3. The molecule has 0 aliphatic carbocycles. The summed E-state index contributed by atoms with van der Waals surface area (Å²) in [5.74, 6) is -0.0754. The molecule has 1 unspecified atom stereocenters. The minimum absolute atomic E-state index is 0.318. The number of thioether (sulfide) groups is 1. The van der Waals surface area contributed by atoms with Crippen molar-refractivity contribution in [1.82, 2.24) is 15.2 Å². The summed E-state index contributed by atoms with van der Waals surface area (Å²) in [5.41, 5.74) is 1.04. The fraction of sp³-hybridized carbons (Fsp3) is 0.417. The van der Waals surface area contributed by atoms with Crippen molar-refractivity contribution < 1.29 is 14.7 Å². The zero-order chi connectivity index (χ0) is 13.7. The van der Waals surface area contributed by atoms with Gasteiger partial charge in [0.05, 0.1) is 5.88 Å². The van der Waals surface area contributed by atoms with E-state index in [1.165, 1.54) is 16.7 Å². The van der Waals surface area contributed by atoms with Crippen LogP contribution >= 0.6 is 11.8 Å². The van der Waals surface area contributed by atoms with Gasteiger partial charge < -0.3 is 15.3 Å². The Morgan fingerprint density at radius 3 is 3.11 bits per heavy atom. The van der Waals surface area contributed by atoms with Crippen LogP contribution < -0.4 is 5.32 Å². The van der Waals surface area contributed by atoms with Crippen molar-refractivity contribution in [2.24, 2.45) is 0 Å². The Morgan fingerprint density at radius 2 is 2.42 bits per heavy atom. The van der Waals surface area contributed by atoms with E-state index in [2.05, 4.69) is 10.3 Å². The molecule has 1 saturated heterocycles. The van der Waals surface area contributed by atoms with Gasteiger partial charge in [-0.1, -0.05) is 6.07 Å². The molecule has 2 amide bonds. The molecular weight excluding hydrogens is 266 g/mol. The number of hydrogen-bond acceptors (Lipinski definition) is 4. The van der Waals surface area contributed by atoms with Crippen LogP contribution in [-0.2, 0) is 11.2 Å². The van der Waals surface area contributed by atoms with Gasteiger partial charge in [-0.05, 0) is 18.1 Å². The molecule has 0 spiro atoms. The minimum atomic E-state index is -0.951. The highest BCUT2D eigenvalue weighted by Gasteiger charge is 2.34. The number of carbonyl (C=O) groups excluding carboxylic acids is 1. The molecule has 6 nitrogen and oxygen atoms in total. The molecule has 102 valence electrons. The molecule has 1 aliphatic heterocycles. The topological polar surface area (TPSA) is 82.5 Å². The SMILES string of the molecule is O=C(O)C1CSCN1C(=O)NCCc1cccnc1. The number of aliphatic carboxylic acids is 1. The molecule has 0 aromatic carbocycles. The summed E-state index contributed by atoms with van der Waals surface area (Å²) < 4.78 is 0. The summed E-state index contributed by atoms with van der Waals surface area (Å²) in [4.78, 5) is 28.2. The van der Waals surface area contributed by atoms with Gasteiger partial charge in [-0.3, -0.25) is 4.98 Å². The zero-order valence-electron chi connectivity index (χ0n) is 10.3. The molecule has 19 heavy (non-hydrogen) atoms. The van der Waals surface area contributed by atoms with Crippen molar-refractivity contribution in [2.45, 2.75) is 12.5 Å². The first-order valence-corrected chi connectivity index (χ1v) is 7.08. The molecule has 1 aromatic rings. The van der Waals surface area contributed by atoms with Crippen LogP contribution in [0.2, 0.25) is 0 Å². The number of nitrogens with one attached hydrogen (secondary N) is 1. The first-order chi connectivity index (χ1) is 9.18. The maximum atomic E-state index is 11.9. The molecule has 1 aliphatic rings. The van der Waals surface area contributed by atoms with E-state index in [-0.39, 0.29) is 6.03 Å². The Morgan fingerprint density at radius 1 is 1.58 bits per heavy atom. The lowest BCUT2D eigenvalue weighted by Gasteiger charge is -2.20. The van der Waals surface area contributed by atoms with Crippen LogP contribution in [0.1, 0.15) is 5.56 Å². The zero-order valence-corrected chi connectivity index (χ0v) is 11.1. The summed E-state index contributed by atoms with van der Waals surface area (Å²) in [5, 5.41) is 11.7. The standard InChI is InChI=1S/C12H15N3O3S/c16-11(17)10-7-19-8-15(10)12(18)14-5-3-9-2-1-4-13-6-9/h1-2,4,6,10H,3,5,7-8H2,(H,14,18)(H,16,17). The minimum Gasteiger partial charge on any atom is -0.480 e. The van der Waals surface area contributed by atoms with Crippen molar-refractivity contribution in [3.05, 3.63) is 30.1 Å². The Labute approximate surface area is 115 Å². The average Bonchev–Trinajstić information content (AvgIpc) is 2.89. The number of carbonyl (C=O) groups is 2. The summed E-state index contributed by atoms with van der Waals surface area (Å²) in [7, 11) is 0. The van der Waals surface area contributed by atoms with Gasteiger partial charge >= 0.3 is 12.0 Å². The number of carboxylic acid groups (broad SMARTS) is 1. The lowest BCUT2D eigenvalue weighted by atomic mass is 10.2. The van der Waals surface area contributed by atoms with E-state index >= 15 is 0 Å². The molecule has 1 atom stereocenters. The number of hydrogen-bond donors (Lipinski definition) is 2. The quantitative estimate of drug-likeness (QED) is 0.852. The van der Waals surface area contributed by atoms with E-state index in [9.17, 15) is 9.59 Å². The predicted octanol–water partition coefficient (Wildman–Crippen LogP) is 0.793. The third kappa shape index (κ3) is 3.60. The van der Waals surface area contributed by atoms with Crippen LogP contribution in [0.15, 0.2) is 24.5 Å². The second-order valence-corrected chi connectivity index (χ2v) is 5.17. The Balaban J connectivity index is 1.80. The van der Waals surface area contributed by atoms with Gasteiger partial charge in [-0.2, -0.15) is 0 Å². The van der Waals surface area contributed by atoms with Crippen molar-refractivity contribution in [3.63, 3.8) is 0 Å². The van der Waals surface area contributed by atoms with Crippen LogP contribution in [0.3, 0.4) is 0 Å². The van der Waals surface area contributed by atoms with Gasteiger partial charge in [0.2, 0.25) is 0 Å². The fourth-order valence-corrected chi connectivity index (χ4v) is 2.95. The highest BCUT2D eigenvalue weighted by Crippen LogP contribution is 2.20. The lowest BCUT2D eigenvalue weighted by molar-refractivity contribution is -0.140. The predicted molar refractivity (Wildman–Crippen MR) is 71.9 cm³/mol. The lowest BCUT2D eigenvalue weighted by Crippen LogP contribution is -2.47. The smallest absolute Gasteiger partial charge is 0.327 e. The largest absolute Gasteiger partial charge is 0.480 e. The molecule has 2 N–H and O–H groups in total. The average molecular weight is 281 g/mol. The molecule has 0 saturated carbocycles. The molecule has 1 fully saturated rings. The number of pyridine rings is 1. The second kappa shape index (κ2) is 6.42. The van der Waals surface area contributed by atoms with Crippen molar-refractivity contribution >= 4 is 23.8 Å². The van der Waals surface area contributed by atoms with Crippen LogP contribution in [0, 0.1) is 0 Å². The molecule has 2 rings (SSSR count). The van der Waals surface area contributed by atoms with Gasteiger partial charge in [0, 0.05) is 24.7 Å². The van der Waals surface area contributed by atoms with E-state index in [1.54, 1.807) is 12.4 Å². The second-order valence-electron chi connectivity index (χ2n) is 4.17. The molecule has 2 heterocycles. The number of nitrogens with zero attached hydrogens (tertiary/aromatic N) is 2. The van der Waals surface area contributed by atoms with Gasteiger partial charge in [-0.25, -0.2) is 9.59 Å². The van der Waals surface area contributed by atoms with Crippen LogP contribution in [-0.4, -0.2) is 51.2 Å². The summed E-state index contributed by atoms with van der Waals surface area (Å²) in [6.07, 6.45) is 4.12. The number of amides is 2. The van der Waals surface area contributed by atoms with Crippen LogP contribution in [0.5, 0.6) is 0 Å². The molecule has 0 radical (unpaired) electrons. The molecular formula is C12H15N3O3S. The Bertz CT molecular complexity index is 455. The van der Waals surface area contributed by atoms with E-state index < -0.39 is 12.0 Å². The summed E-state index contributed by atoms with van der Waals surface area (Å²) >= 11 is 1.45. The number of urea groups is 1. The Kier molecular flexibility index (Phi) is 4.62. The maximum Gasteiger partial charge on any atom is 0.327 e. The van der Waals surface area contributed by atoms with Crippen LogP contribution in [0.25, 0.3) is 0 Å². The molecule has 0 bridgehead atoms. The van der Waals surface area contributed by atoms with E-state index in [0.717, 1.165) is 5.56 Å². The third-order valence-corrected chi connectivity index (χ3v) is 3.85. The van der Waals surface area contributed by atoms with Crippen molar-refractivity contribution in [2.75, 3.05) is 18.2 Å². The first kappa shape index (κ1) is 13.7. The van der Waals surface area contributed by atoms with Gasteiger partial charge in [0.25, 0.3) is 0 Å².